The molecule has 0 unspecified atom stereocenters. The van der Waals surface area contributed by atoms with Gasteiger partial charge in [-0.1, -0.05) is 13.8 Å². The summed E-state index contributed by atoms with van der Waals surface area (Å²) in [4.78, 5) is 4.58. The van der Waals surface area contributed by atoms with Gasteiger partial charge in [-0.25, -0.2) is 0 Å². The second-order valence-electron chi connectivity index (χ2n) is 5.58. The lowest BCUT2D eigenvalue weighted by Crippen LogP contribution is -2.17. The minimum Gasteiger partial charge on any atom is -0.492 e. The first-order valence-electron chi connectivity index (χ1n) is 6.98. The van der Waals surface area contributed by atoms with Gasteiger partial charge in [0.1, 0.15) is 5.75 Å². The topological polar surface area (TPSA) is 34.1 Å². The highest BCUT2D eigenvalue weighted by atomic mass is 16.5. The highest BCUT2D eigenvalue weighted by Gasteiger charge is 2.21. The summed E-state index contributed by atoms with van der Waals surface area (Å²) in [6.07, 6.45) is 3.69. The van der Waals surface area contributed by atoms with Crippen LogP contribution in [0.15, 0.2) is 12.1 Å². The van der Waals surface area contributed by atoms with Gasteiger partial charge in [-0.15, -0.1) is 0 Å². The van der Waals surface area contributed by atoms with Crippen LogP contribution in [-0.4, -0.2) is 17.6 Å². The molecule has 1 heterocycles. The van der Waals surface area contributed by atoms with Crippen molar-refractivity contribution in [2.45, 2.75) is 52.6 Å². The van der Waals surface area contributed by atoms with Crippen LogP contribution in [0, 0.1) is 12.8 Å². The molecule has 0 aromatic carbocycles. The van der Waals surface area contributed by atoms with Crippen molar-refractivity contribution >= 4 is 0 Å². The van der Waals surface area contributed by atoms with Crippen molar-refractivity contribution in [1.82, 2.24) is 10.3 Å². The first kappa shape index (κ1) is 13.3. The Morgan fingerprint density at radius 1 is 1.39 bits per heavy atom. The van der Waals surface area contributed by atoms with Gasteiger partial charge in [-0.2, -0.15) is 0 Å². The zero-order valence-corrected chi connectivity index (χ0v) is 11.7. The summed E-state index contributed by atoms with van der Waals surface area (Å²) < 4.78 is 5.85. The largest absolute Gasteiger partial charge is 0.492 e. The predicted molar refractivity (Wildman–Crippen MR) is 73.8 cm³/mol. The van der Waals surface area contributed by atoms with Crippen LogP contribution in [-0.2, 0) is 6.54 Å². The van der Waals surface area contributed by atoms with Gasteiger partial charge in [0.05, 0.1) is 12.3 Å². The quantitative estimate of drug-likeness (QED) is 0.805. The fourth-order valence-corrected chi connectivity index (χ4v) is 1.79. The number of pyridine rings is 1. The fraction of sp³-hybridized carbons (Fsp3) is 0.667. The van der Waals surface area contributed by atoms with E-state index in [0.717, 1.165) is 36.7 Å². The van der Waals surface area contributed by atoms with E-state index in [4.69, 9.17) is 4.74 Å². The van der Waals surface area contributed by atoms with Crippen LogP contribution >= 0.6 is 0 Å². The van der Waals surface area contributed by atoms with Crippen LogP contribution < -0.4 is 10.1 Å². The summed E-state index contributed by atoms with van der Waals surface area (Å²) in [5.74, 6) is 1.62. The number of aromatic nitrogens is 1. The third-order valence-electron chi connectivity index (χ3n) is 3.16. The second-order valence-corrected chi connectivity index (χ2v) is 5.58. The lowest BCUT2D eigenvalue weighted by molar-refractivity contribution is 0.284. The van der Waals surface area contributed by atoms with Crippen LogP contribution in [0.25, 0.3) is 0 Å². The molecule has 0 bridgehead atoms. The number of nitrogens with zero attached hydrogens (tertiary/aromatic N) is 1. The van der Waals surface area contributed by atoms with E-state index in [0.29, 0.717) is 12.0 Å². The summed E-state index contributed by atoms with van der Waals surface area (Å²) in [6, 6.07) is 4.77. The molecule has 2 rings (SSSR count). The van der Waals surface area contributed by atoms with E-state index in [2.05, 4.69) is 24.1 Å². The fourth-order valence-electron chi connectivity index (χ4n) is 1.79. The van der Waals surface area contributed by atoms with Crippen molar-refractivity contribution in [3.8, 4) is 5.75 Å². The van der Waals surface area contributed by atoms with Crippen LogP contribution in [0.4, 0.5) is 0 Å². The molecular weight excluding hydrogens is 224 g/mol. The van der Waals surface area contributed by atoms with Crippen LogP contribution in [0.3, 0.4) is 0 Å². The molecule has 18 heavy (non-hydrogen) atoms. The summed E-state index contributed by atoms with van der Waals surface area (Å²) >= 11 is 0. The predicted octanol–water partition coefficient (Wildman–Crippen LogP) is 3.07. The lowest BCUT2D eigenvalue weighted by Gasteiger charge is -2.13. The van der Waals surface area contributed by atoms with Crippen molar-refractivity contribution in [2.24, 2.45) is 5.92 Å². The molecule has 1 aromatic heterocycles. The van der Waals surface area contributed by atoms with Gasteiger partial charge in [0.15, 0.2) is 0 Å². The molecule has 1 aliphatic carbocycles. The average molecular weight is 248 g/mol. The number of rotatable bonds is 7. The van der Waals surface area contributed by atoms with Gasteiger partial charge >= 0.3 is 0 Å². The third kappa shape index (κ3) is 4.30. The van der Waals surface area contributed by atoms with E-state index in [9.17, 15) is 0 Å². The van der Waals surface area contributed by atoms with Crippen LogP contribution in [0.5, 0.6) is 5.75 Å². The van der Waals surface area contributed by atoms with Gasteiger partial charge in [-0.05, 0) is 44.2 Å². The molecular formula is C15H24N2O. The number of hydrogen-bond acceptors (Lipinski definition) is 3. The van der Waals surface area contributed by atoms with E-state index in [1.165, 1.54) is 12.8 Å². The monoisotopic (exact) mass is 248 g/mol. The Labute approximate surface area is 110 Å². The first-order valence-corrected chi connectivity index (χ1v) is 6.98. The van der Waals surface area contributed by atoms with E-state index >= 15 is 0 Å². The Bertz CT molecular complexity index is 386. The smallest absolute Gasteiger partial charge is 0.142 e. The molecule has 1 N–H and O–H groups in total. The molecule has 1 aliphatic rings. The SMILES string of the molecule is Cc1ccc(OCCC(C)C)c(CNC2CC2)n1. The van der Waals surface area contributed by atoms with Gasteiger partial charge in [0.2, 0.25) is 0 Å². The summed E-state index contributed by atoms with van der Waals surface area (Å²) in [5, 5.41) is 3.50. The molecule has 0 spiro atoms. The minimum absolute atomic E-state index is 0.677. The summed E-state index contributed by atoms with van der Waals surface area (Å²) in [6.45, 7) is 8.05. The highest BCUT2D eigenvalue weighted by molar-refractivity contribution is 5.29. The molecule has 0 atom stereocenters. The molecule has 3 nitrogen and oxygen atoms in total. The van der Waals surface area contributed by atoms with Gasteiger partial charge in [0, 0.05) is 18.3 Å². The summed E-state index contributed by atoms with van der Waals surface area (Å²) in [7, 11) is 0. The lowest BCUT2D eigenvalue weighted by atomic mass is 10.1. The van der Waals surface area contributed by atoms with Gasteiger partial charge in [-0.3, -0.25) is 4.98 Å². The maximum atomic E-state index is 5.85. The number of aryl methyl sites for hydroxylation is 1. The molecule has 0 saturated heterocycles. The summed E-state index contributed by atoms with van der Waals surface area (Å²) in [5.41, 5.74) is 2.10. The molecule has 3 heteroatoms. The Hall–Kier alpha value is -1.09. The van der Waals surface area contributed by atoms with Gasteiger partial charge in [0.25, 0.3) is 0 Å². The average Bonchev–Trinajstić information content (AvgIpc) is 3.12. The van der Waals surface area contributed by atoms with Crippen molar-refractivity contribution < 1.29 is 4.74 Å². The van der Waals surface area contributed by atoms with Crippen molar-refractivity contribution in [1.29, 1.82) is 0 Å². The minimum atomic E-state index is 0.677. The van der Waals surface area contributed by atoms with Crippen molar-refractivity contribution in [3.63, 3.8) is 0 Å². The second kappa shape index (κ2) is 6.19. The Kier molecular flexibility index (Phi) is 4.59. The zero-order chi connectivity index (χ0) is 13.0. The standard InChI is InChI=1S/C15H24N2O/c1-11(2)8-9-18-15-7-4-12(3)17-14(15)10-16-13-5-6-13/h4,7,11,13,16H,5-6,8-10H2,1-3H3. The van der Waals surface area contributed by atoms with Crippen LogP contribution in [0.2, 0.25) is 0 Å². The Balaban J connectivity index is 1.93. The van der Waals surface area contributed by atoms with E-state index < -0.39 is 0 Å². The molecule has 1 fully saturated rings. The van der Waals surface area contributed by atoms with Crippen molar-refractivity contribution in [2.75, 3.05) is 6.61 Å². The number of nitrogens with one attached hydrogen (secondary N) is 1. The molecule has 1 aromatic rings. The van der Waals surface area contributed by atoms with Crippen molar-refractivity contribution in [3.05, 3.63) is 23.5 Å². The molecule has 1 saturated carbocycles. The Morgan fingerprint density at radius 2 is 2.17 bits per heavy atom. The zero-order valence-electron chi connectivity index (χ0n) is 11.7. The Morgan fingerprint density at radius 3 is 2.83 bits per heavy atom. The molecule has 100 valence electrons. The molecule has 0 aliphatic heterocycles. The van der Waals surface area contributed by atoms with E-state index in [1.807, 2.05) is 19.1 Å². The maximum absolute atomic E-state index is 5.85. The van der Waals surface area contributed by atoms with E-state index in [1.54, 1.807) is 0 Å². The normalized spacial score (nSPS) is 15.1. The maximum Gasteiger partial charge on any atom is 0.142 e. The first-order chi connectivity index (χ1) is 8.65. The number of ether oxygens (including phenoxy) is 1. The van der Waals surface area contributed by atoms with E-state index in [-0.39, 0.29) is 0 Å². The van der Waals surface area contributed by atoms with Crippen LogP contribution in [0.1, 0.15) is 44.5 Å². The number of hydrogen-bond donors (Lipinski definition) is 1. The third-order valence-corrected chi connectivity index (χ3v) is 3.16. The molecule has 0 radical (unpaired) electrons. The highest BCUT2D eigenvalue weighted by Crippen LogP contribution is 2.22. The molecule has 0 amide bonds. The van der Waals surface area contributed by atoms with Gasteiger partial charge < -0.3 is 10.1 Å².